The molecule has 0 amide bonds. The van der Waals surface area contributed by atoms with Gasteiger partial charge in [-0.05, 0) is 47.6 Å². The monoisotopic (exact) mass is 300 g/mol. The van der Waals surface area contributed by atoms with Gasteiger partial charge in [0.1, 0.15) is 0 Å². The largest absolute Gasteiger partial charge is 0.417 e. The van der Waals surface area contributed by atoms with Crippen LogP contribution >= 0.6 is 22.6 Å². The van der Waals surface area contributed by atoms with E-state index in [0.29, 0.717) is 9.13 Å². The third kappa shape index (κ3) is 2.15. The first-order valence-corrected chi connectivity index (χ1v) is 4.75. The van der Waals surface area contributed by atoms with Gasteiger partial charge in [0, 0.05) is 3.57 Å². The first kappa shape index (κ1) is 10.8. The van der Waals surface area contributed by atoms with Crippen molar-refractivity contribution in [2.75, 3.05) is 0 Å². The maximum absolute atomic E-state index is 12.5. The Morgan fingerprint density at radius 1 is 1.08 bits per heavy atom. The molecule has 4 heteroatoms. The van der Waals surface area contributed by atoms with Gasteiger partial charge in [-0.3, -0.25) is 0 Å². The first-order valence-electron chi connectivity index (χ1n) is 3.67. The van der Waals surface area contributed by atoms with Crippen LogP contribution in [0.5, 0.6) is 0 Å². The molecule has 13 heavy (non-hydrogen) atoms. The van der Waals surface area contributed by atoms with E-state index in [9.17, 15) is 13.2 Å². The summed E-state index contributed by atoms with van der Waals surface area (Å²) in [4.78, 5) is 0. The highest BCUT2D eigenvalue weighted by Gasteiger charge is 2.34. The van der Waals surface area contributed by atoms with Crippen molar-refractivity contribution < 1.29 is 13.2 Å². The second-order valence-electron chi connectivity index (χ2n) is 2.89. The van der Waals surface area contributed by atoms with Gasteiger partial charge in [0.05, 0.1) is 5.56 Å². The van der Waals surface area contributed by atoms with Crippen molar-refractivity contribution >= 4 is 22.6 Å². The minimum absolute atomic E-state index is 0.280. The van der Waals surface area contributed by atoms with E-state index >= 15 is 0 Å². The Balaban J connectivity index is 3.43. The summed E-state index contributed by atoms with van der Waals surface area (Å²) in [6.07, 6.45) is -4.24. The van der Waals surface area contributed by atoms with Crippen LogP contribution in [0.3, 0.4) is 0 Å². The number of hydrogen-bond acceptors (Lipinski definition) is 0. The summed E-state index contributed by atoms with van der Waals surface area (Å²) in [6, 6.07) is 3.20. The second kappa shape index (κ2) is 3.48. The number of rotatable bonds is 0. The van der Waals surface area contributed by atoms with Crippen LogP contribution in [0, 0.1) is 17.4 Å². The number of alkyl halides is 3. The van der Waals surface area contributed by atoms with E-state index in [-0.39, 0.29) is 5.56 Å². The van der Waals surface area contributed by atoms with Gasteiger partial charge in [-0.15, -0.1) is 0 Å². The van der Waals surface area contributed by atoms with E-state index < -0.39 is 11.7 Å². The Hall–Kier alpha value is -0.260. The third-order valence-electron chi connectivity index (χ3n) is 1.83. The van der Waals surface area contributed by atoms with Gasteiger partial charge in [0.15, 0.2) is 0 Å². The molecule has 0 spiro atoms. The van der Waals surface area contributed by atoms with Crippen molar-refractivity contribution in [1.29, 1.82) is 0 Å². The summed E-state index contributed by atoms with van der Waals surface area (Å²) in [7, 11) is 0. The summed E-state index contributed by atoms with van der Waals surface area (Å²) >= 11 is 1.74. The molecule has 0 N–H and O–H groups in total. The van der Waals surface area contributed by atoms with E-state index in [0.717, 1.165) is 0 Å². The van der Waals surface area contributed by atoms with Crippen molar-refractivity contribution in [3.8, 4) is 0 Å². The zero-order valence-electron chi connectivity index (χ0n) is 7.17. The fraction of sp³-hybridized carbons (Fsp3) is 0.333. The molecule has 0 aliphatic rings. The van der Waals surface area contributed by atoms with Crippen LogP contribution in [0.25, 0.3) is 0 Å². The van der Waals surface area contributed by atoms with Gasteiger partial charge >= 0.3 is 6.18 Å². The number of benzene rings is 1. The molecule has 0 bridgehead atoms. The summed E-state index contributed by atoms with van der Waals surface area (Å²) in [5.41, 5.74) is 0.439. The number of aryl methyl sites for hydroxylation is 2. The molecule has 0 unspecified atom stereocenters. The SMILES string of the molecule is Cc1ccc(C)c(C(F)(F)F)c1I. The van der Waals surface area contributed by atoms with Gasteiger partial charge in [-0.25, -0.2) is 0 Å². The van der Waals surface area contributed by atoms with Crippen LogP contribution in [-0.4, -0.2) is 0 Å². The Morgan fingerprint density at radius 2 is 1.54 bits per heavy atom. The molecule has 1 aromatic carbocycles. The Labute approximate surface area is 88.3 Å². The molecule has 0 saturated carbocycles. The summed E-state index contributed by atoms with van der Waals surface area (Å²) in [6.45, 7) is 3.15. The third-order valence-corrected chi connectivity index (χ3v) is 3.22. The fourth-order valence-corrected chi connectivity index (χ4v) is 2.04. The van der Waals surface area contributed by atoms with Crippen LogP contribution in [-0.2, 0) is 6.18 Å². The molecule has 0 atom stereocenters. The molecule has 0 aliphatic heterocycles. The Bertz CT molecular complexity index is 328. The molecule has 1 rings (SSSR count). The molecular formula is C9H8F3I. The predicted molar refractivity (Wildman–Crippen MR) is 53.6 cm³/mol. The predicted octanol–water partition coefficient (Wildman–Crippen LogP) is 3.93. The van der Waals surface area contributed by atoms with Crippen LogP contribution in [0.2, 0.25) is 0 Å². The molecule has 72 valence electrons. The lowest BCUT2D eigenvalue weighted by Crippen LogP contribution is -2.10. The van der Waals surface area contributed by atoms with Crippen LogP contribution in [0.4, 0.5) is 13.2 Å². The highest BCUT2D eigenvalue weighted by Crippen LogP contribution is 2.36. The Kier molecular flexibility index (Phi) is 2.89. The summed E-state index contributed by atoms with van der Waals surface area (Å²) in [5, 5.41) is 0. The molecule has 0 saturated heterocycles. The molecule has 0 aliphatic carbocycles. The minimum Gasteiger partial charge on any atom is -0.166 e. The quantitative estimate of drug-likeness (QED) is 0.637. The lowest BCUT2D eigenvalue weighted by Gasteiger charge is -2.13. The number of hydrogen-bond donors (Lipinski definition) is 0. The number of halogens is 4. The van der Waals surface area contributed by atoms with Gasteiger partial charge in [0.2, 0.25) is 0 Å². The smallest absolute Gasteiger partial charge is 0.166 e. The lowest BCUT2D eigenvalue weighted by molar-refractivity contribution is -0.138. The summed E-state index contributed by atoms with van der Waals surface area (Å²) in [5.74, 6) is 0. The van der Waals surface area contributed by atoms with E-state index in [4.69, 9.17) is 0 Å². The van der Waals surface area contributed by atoms with Crippen molar-refractivity contribution in [3.05, 3.63) is 32.4 Å². The highest BCUT2D eigenvalue weighted by molar-refractivity contribution is 14.1. The average Bonchev–Trinajstić information content (AvgIpc) is 1.95. The minimum atomic E-state index is -4.24. The average molecular weight is 300 g/mol. The van der Waals surface area contributed by atoms with Crippen LogP contribution in [0.1, 0.15) is 16.7 Å². The molecule has 1 aromatic rings. The maximum atomic E-state index is 12.5. The normalized spacial score (nSPS) is 11.8. The first-order chi connectivity index (χ1) is 5.84. The van der Waals surface area contributed by atoms with Gasteiger partial charge in [0.25, 0.3) is 0 Å². The van der Waals surface area contributed by atoms with E-state index in [1.54, 1.807) is 35.6 Å². The Morgan fingerprint density at radius 3 is 1.92 bits per heavy atom. The molecule has 0 radical (unpaired) electrons. The van der Waals surface area contributed by atoms with E-state index in [1.165, 1.54) is 13.0 Å². The maximum Gasteiger partial charge on any atom is 0.417 e. The summed E-state index contributed by atoms with van der Waals surface area (Å²) < 4.78 is 37.8. The van der Waals surface area contributed by atoms with Crippen molar-refractivity contribution in [1.82, 2.24) is 0 Å². The van der Waals surface area contributed by atoms with E-state index in [2.05, 4.69) is 0 Å². The highest BCUT2D eigenvalue weighted by atomic mass is 127. The van der Waals surface area contributed by atoms with Crippen molar-refractivity contribution in [2.45, 2.75) is 20.0 Å². The van der Waals surface area contributed by atoms with Crippen LogP contribution < -0.4 is 0 Å². The van der Waals surface area contributed by atoms with Gasteiger partial charge in [-0.1, -0.05) is 12.1 Å². The van der Waals surface area contributed by atoms with E-state index in [1.807, 2.05) is 0 Å². The second-order valence-corrected chi connectivity index (χ2v) is 3.96. The molecular weight excluding hydrogens is 292 g/mol. The topological polar surface area (TPSA) is 0 Å². The standard InChI is InChI=1S/C9H8F3I/c1-5-3-4-6(2)8(13)7(5)9(10,11)12/h3-4H,1-2H3. The fourth-order valence-electron chi connectivity index (χ4n) is 1.12. The van der Waals surface area contributed by atoms with Crippen molar-refractivity contribution in [2.24, 2.45) is 0 Å². The molecule has 0 aromatic heterocycles. The molecule has 0 heterocycles. The van der Waals surface area contributed by atoms with Gasteiger partial charge < -0.3 is 0 Å². The van der Waals surface area contributed by atoms with Crippen LogP contribution in [0.15, 0.2) is 12.1 Å². The zero-order chi connectivity index (χ0) is 10.2. The van der Waals surface area contributed by atoms with Crippen molar-refractivity contribution in [3.63, 3.8) is 0 Å². The zero-order valence-corrected chi connectivity index (χ0v) is 9.32. The van der Waals surface area contributed by atoms with Gasteiger partial charge in [-0.2, -0.15) is 13.2 Å². The lowest BCUT2D eigenvalue weighted by atomic mass is 10.1. The molecule has 0 fully saturated rings. The molecule has 0 nitrogen and oxygen atoms in total.